The van der Waals surface area contributed by atoms with E-state index in [0.29, 0.717) is 16.4 Å². The normalized spacial score (nSPS) is 15.7. The Bertz CT molecular complexity index is 898. The predicted octanol–water partition coefficient (Wildman–Crippen LogP) is 3.24. The maximum Gasteiger partial charge on any atom is 0.270 e. The monoisotopic (exact) mass is 382 g/mol. The lowest BCUT2D eigenvalue weighted by Gasteiger charge is -2.24. The molecule has 7 heteroatoms. The van der Waals surface area contributed by atoms with Gasteiger partial charge in [-0.3, -0.25) is 9.59 Å². The molecule has 2 N–H and O–H groups in total. The Kier molecular flexibility index (Phi) is 6.30. The molecule has 1 aromatic carbocycles. The van der Waals surface area contributed by atoms with Crippen LogP contribution in [0.3, 0.4) is 0 Å². The van der Waals surface area contributed by atoms with Gasteiger partial charge in [0.2, 0.25) is 5.91 Å². The summed E-state index contributed by atoms with van der Waals surface area (Å²) in [6.07, 6.45) is 5.57. The zero-order valence-electron chi connectivity index (χ0n) is 15.2. The zero-order chi connectivity index (χ0) is 19.2. The van der Waals surface area contributed by atoms with E-state index in [0.717, 1.165) is 25.7 Å². The van der Waals surface area contributed by atoms with Crippen molar-refractivity contribution in [3.63, 3.8) is 0 Å². The molecule has 0 spiro atoms. The van der Waals surface area contributed by atoms with Crippen molar-refractivity contribution in [2.75, 3.05) is 0 Å². The van der Waals surface area contributed by atoms with Crippen LogP contribution < -0.4 is 10.9 Å². The fourth-order valence-electron chi connectivity index (χ4n) is 3.20. The topological polar surface area (TPSA) is 98.6 Å². The lowest BCUT2D eigenvalue weighted by molar-refractivity contribution is -0.121. The highest BCUT2D eigenvalue weighted by Crippen LogP contribution is 2.25. The molecule has 3 rings (SSSR count). The van der Waals surface area contributed by atoms with Crippen LogP contribution in [0.5, 0.6) is 0 Å². The number of aromatic amines is 1. The molecule has 1 atom stereocenters. The number of carbonyl (C=O) groups excluding carboxylic acids is 1. The molecule has 140 valence electrons. The summed E-state index contributed by atoms with van der Waals surface area (Å²) >= 11 is 1.19. The molecule has 0 saturated heterocycles. The molecule has 1 heterocycles. The van der Waals surface area contributed by atoms with Crippen molar-refractivity contribution >= 4 is 17.7 Å². The van der Waals surface area contributed by atoms with Gasteiger partial charge in [-0.05, 0) is 19.8 Å². The van der Waals surface area contributed by atoms with E-state index in [4.69, 9.17) is 0 Å². The number of thioether (sulfide) groups is 1. The quantitative estimate of drug-likeness (QED) is 0.611. The summed E-state index contributed by atoms with van der Waals surface area (Å²) in [7, 11) is 0. The first-order valence-electron chi connectivity index (χ1n) is 9.15. The molecule has 2 aromatic rings. The van der Waals surface area contributed by atoms with Gasteiger partial charge in [-0.2, -0.15) is 5.26 Å². The number of nitrogens with zero attached hydrogens (tertiary/aromatic N) is 2. The third-order valence-electron chi connectivity index (χ3n) is 4.67. The Morgan fingerprint density at radius 1 is 1.30 bits per heavy atom. The van der Waals surface area contributed by atoms with Gasteiger partial charge in [0, 0.05) is 11.6 Å². The maximum absolute atomic E-state index is 12.5. The summed E-state index contributed by atoms with van der Waals surface area (Å²) in [5.74, 6) is -0.0554. The second-order valence-electron chi connectivity index (χ2n) is 6.68. The van der Waals surface area contributed by atoms with Crippen LogP contribution in [0.2, 0.25) is 0 Å². The van der Waals surface area contributed by atoms with Crippen LogP contribution in [0.1, 0.15) is 44.6 Å². The van der Waals surface area contributed by atoms with Gasteiger partial charge in [0.25, 0.3) is 5.56 Å². The van der Waals surface area contributed by atoms with Crippen molar-refractivity contribution in [3.8, 4) is 17.3 Å². The molecule has 1 aliphatic rings. The van der Waals surface area contributed by atoms with E-state index in [1.165, 1.54) is 18.2 Å². The number of H-pyrrole nitrogens is 1. The Morgan fingerprint density at radius 2 is 2.00 bits per heavy atom. The Balaban J connectivity index is 1.78. The highest BCUT2D eigenvalue weighted by Gasteiger charge is 2.22. The van der Waals surface area contributed by atoms with Crippen molar-refractivity contribution in [1.29, 1.82) is 5.26 Å². The van der Waals surface area contributed by atoms with E-state index in [1.54, 1.807) is 19.1 Å². The number of amides is 1. The van der Waals surface area contributed by atoms with Gasteiger partial charge in [-0.15, -0.1) is 0 Å². The van der Waals surface area contributed by atoms with Crippen LogP contribution >= 0.6 is 11.8 Å². The second kappa shape index (κ2) is 8.87. The third kappa shape index (κ3) is 4.77. The largest absolute Gasteiger partial charge is 0.352 e. The Hall–Kier alpha value is -2.59. The van der Waals surface area contributed by atoms with Gasteiger partial charge in [-0.25, -0.2) is 4.98 Å². The number of hydrogen-bond acceptors (Lipinski definition) is 5. The molecule has 1 aliphatic carbocycles. The summed E-state index contributed by atoms with van der Waals surface area (Å²) in [6, 6.07) is 11.3. The summed E-state index contributed by atoms with van der Waals surface area (Å²) in [6.45, 7) is 1.79. The number of aromatic nitrogens is 2. The minimum absolute atomic E-state index is 0.0233. The van der Waals surface area contributed by atoms with Crippen molar-refractivity contribution < 1.29 is 4.79 Å². The smallest absolute Gasteiger partial charge is 0.270 e. The van der Waals surface area contributed by atoms with Gasteiger partial charge >= 0.3 is 0 Å². The molecule has 0 radical (unpaired) electrons. The molecule has 1 unspecified atom stereocenters. The highest BCUT2D eigenvalue weighted by atomic mass is 32.2. The first-order valence-corrected chi connectivity index (χ1v) is 10.0. The highest BCUT2D eigenvalue weighted by molar-refractivity contribution is 8.00. The van der Waals surface area contributed by atoms with Crippen molar-refractivity contribution in [2.24, 2.45) is 0 Å². The molecule has 1 amide bonds. The summed E-state index contributed by atoms with van der Waals surface area (Å²) in [5, 5.41) is 12.4. The minimum atomic E-state index is -0.492. The zero-order valence-corrected chi connectivity index (χ0v) is 16.0. The minimum Gasteiger partial charge on any atom is -0.352 e. The second-order valence-corrected chi connectivity index (χ2v) is 8.01. The number of rotatable bonds is 5. The third-order valence-corrected chi connectivity index (χ3v) is 5.65. The fourth-order valence-corrected chi connectivity index (χ4v) is 4.01. The van der Waals surface area contributed by atoms with Gasteiger partial charge in [-0.1, -0.05) is 61.4 Å². The van der Waals surface area contributed by atoms with Crippen LogP contribution in [-0.4, -0.2) is 27.2 Å². The first kappa shape index (κ1) is 19.2. The van der Waals surface area contributed by atoms with Crippen molar-refractivity contribution in [1.82, 2.24) is 15.3 Å². The van der Waals surface area contributed by atoms with Crippen LogP contribution in [0.25, 0.3) is 11.3 Å². The van der Waals surface area contributed by atoms with Gasteiger partial charge < -0.3 is 10.3 Å². The standard InChI is InChI=1S/C20H22N4O2S/c1-13(18(25)22-15-10-6-3-7-11-15)27-20-23-17(14-8-4-2-5-9-14)16(12-21)19(26)24-20/h2,4-5,8-9,13,15H,3,6-7,10-11H2,1H3,(H,22,25)(H,23,24,26). The van der Waals surface area contributed by atoms with Crippen LogP contribution in [0.4, 0.5) is 0 Å². The van der Waals surface area contributed by atoms with E-state index in [1.807, 2.05) is 24.3 Å². The maximum atomic E-state index is 12.5. The Morgan fingerprint density at radius 3 is 2.67 bits per heavy atom. The van der Waals surface area contributed by atoms with Crippen LogP contribution in [0.15, 0.2) is 40.3 Å². The summed E-state index contributed by atoms with van der Waals surface area (Å²) in [5.41, 5.74) is 0.518. The molecule has 27 heavy (non-hydrogen) atoms. The van der Waals surface area contributed by atoms with Gasteiger partial charge in [0.1, 0.15) is 11.6 Å². The fraction of sp³-hybridized carbons (Fsp3) is 0.400. The molecule has 6 nitrogen and oxygen atoms in total. The first-order chi connectivity index (χ1) is 13.1. The molecule has 1 aromatic heterocycles. The van der Waals surface area contributed by atoms with Crippen LogP contribution in [0, 0.1) is 11.3 Å². The van der Waals surface area contributed by atoms with Crippen molar-refractivity contribution in [3.05, 3.63) is 46.2 Å². The molecule has 0 bridgehead atoms. The van der Waals surface area contributed by atoms with Gasteiger partial charge in [0.15, 0.2) is 5.16 Å². The summed E-state index contributed by atoms with van der Waals surface area (Å²) in [4.78, 5) is 31.8. The number of carbonyl (C=O) groups is 1. The van der Waals surface area contributed by atoms with Crippen molar-refractivity contribution in [2.45, 2.75) is 55.5 Å². The van der Waals surface area contributed by atoms with E-state index in [9.17, 15) is 14.9 Å². The number of nitrogens with one attached hydrogen (secondary N) is 2. The average molecular weight is 382 g/mol. The summed E-state index contributed by atoms with van der Waals surface area (Å²) < 4.78 is 0. The molecule has 1 saturated carbocycles. The number of benzene rings is 1. The van der Waals surface area contributed by atoms with E-state index in [2.05, 4.69) is 15.3 Å². The lowest BCUT2D eigenvalue weighted by atomic mass is 9.95. The van der Waals surface area contributed by atoms with Crippen LogP contribution in [-0.2, 0) is 4.79 Å². The lowest BCUT2D eigenvalue weighted by Crippen LogP contribution is -2.40. The SMILES string of the molecule is CC(Sc1nc(-c2ccccc2)c(C#N)c(=O)[nH]1)C(=O)NC1CCCCC1. The predicted molar refractivity (Wildman–Crippen MR) is 105 cm³/mol. The van der Waals surface area contributed by atoms with E-state index >= 15 is 0 Å². The average Bonchev–Trinajstić information content (AvgIpc) is 2.69. The van der Waals surface area contributed by atoms with Gasteiger partial charge in [0.05, 0.1) is 10.9 Å². The molecule has 0 aliphatic heterocycles. The molecular formula is C20H22N4O2S. The Labute approximate surface area is 162 Å². The molecule has 1 fully saturated rings. The van der Waals surface area contributed by atoms with E-state index < -0.39 is 10.8 Å². The van der Waals surface area contributed by atoms with E-state index in [-0.39, 0.29) is 17.5 Å². The number of hydrogen-bond donors (Lipinski definition) is 2. The molecular weight excluding hydrogens is 360 g/mol. The number of nitriles is 1.